The molecular weight excluding hydrogens is 442 g/mol. The standard InChI is InChI=1S/C27H29N5O3/c1-33-23-11-10-20(17-24(23)34-2)27-30-25(31-35-27)22(21-9-6-12-28-18-21)16-19-8-7-13-29-26(19)32-14-4-3-5-15-32/h6-13,17-18,22H,3-5,14-16H2,1-2H3. The molecule has 1 atom stereocenters. The third-order valence-corrected chi connectivity index (χ3v) is 6.42. The first-order chi connectivity index (χ1) is 17.3. The number of ether oxygens (including phenoxy) is 2. The maximum absolute atomic E-state index is 5.71. The largest absolute Gasteiger partial charge is 0.493 e. The Morgan fingerprint density at radius 1 is 0.971 bits per heavy atom. The molecule has 1 fully saturated rings. The first kappa shape index (κ1) is 22.8. The van der Waals surface area contributed by atoms with Crippen molar-refractivity contribution in [3.05, 3.63) is 78.0 Å². The molecule has 1 aliphatic heterocycles. The minimum absolute atomic E-state index is 0.130. The zero-order valence-corrected chi connectivity index (χ0v) is 20.1. The smallest absolute Gasteiger partial charge is 0.258 e. The monoisotopic (exact) mass is 471 g/mol. The van der Waals surface area contributed by atoms with Crippen LogP contribution in [0.2, 0.25) is 0 Å². The topological polar surface area (TPSA) is 86.4 Å². The van der Waals surface area contributed by atoms with Gasteiger partial charge in [-0.3, -0.25) is 4.98 Å². The summed E-state index contributed by atoms with van der Waals surface area (Å²) in [7, 11) is 3.21. The summed E-state index contributed by atoms with van der Waals surface area (Å²) in [5, 5.41) is 4.39. The molecule has 1 aliphatic rings. The van der Waals surface area contributed by atoms with Crippen LogP contribution in [0.4, 0.5) is 5.82 Å². The predicted molar refractivity (Wildman–Crippen MR) is 133 cm³/mol. The van der Waals surface area contributed by atoms with E-state index in [9.17, 15) is 0 Å². The molecular formula is C27H29N5O3. The molecule has 180 valence electrons. The van der Waals surface area contributed by atoms with Gasteiger partial charge in [-0.25, -0.2) is 4.98 Å². The van der Waals surface area contributed by atoms with Crippen LogP contribution in [0.1, 0.15) is 42.1 Å². The lowest BCUT2D eigenvalue weighted by Gasteiger charge is -2.30. The Bertz CT molecular complexity index is 1250. The molecule has 3 aromatic heterocycles. The van der Waals surface area contributed by atoms with Gasteiger partial charge < -0.3 is 18.9 Å². The number of methoxy groups -OCH3 is 2. The number of pyridine rings is 2. The lowest BCUT2D eigenvalue weighted by molar-refractivity contribution is 0.354. The van der Waals surface area contributed by atoms with Crippen LogP contribution >= 0.6 is 0 Å². The van der Waals surface area contributed by atoms with Gasteiger partial charge in [0.25, 0.3) is 5.89 Å². The number of anilines is 1. The molecule has 4 aromatic rings. The maximum Gasteiger partial charge on any atom is 0.258 e. The van der Waals surface area contributed by atoms with Crippen molar-refractivity contribution in [3.63, 3.8) is 0 Å². The minimum atomic E-state index is -0.130. The average molecular weight is 472 g/mol. The second-order valence-corrected chi connectivity index (χ2v) is 8.60. The van der Waals surface area contributed by atoms with Crippen LogP contribution < -0.4 is 14.4 Å². The number of rotatable bonds is 8. The molecule has 4 heterocycles. The van der Waals surface area contributed by atoms with E-state index >= 15 is 0 Å². The molecule has 5 rings (SSSR count). The SMILES string of the molecule is COc1ccc(-c2nc(C(Cc3cccnc3N3CCCCC3)c3cccnc3)no2)cc1OC. The van der Waals surface area contributed by atoms with Gasteiger partial charge in [0.05, 0.1) is 20.1 Å². The summed E-state index contributed by atoms with van der Waals surface area (Å²) >= 11 is 0. The zero-order chi connectivity index (χ0) is 24.0. The maximum atomic E-state index is 5.71. The highest BCUT2D eigenvalue weighted by atomic mass is 16.5. The van der Waals surface area contributed by atoms with Crippen molar-refractivity contribution >= 4 is 5.82 Å². The molecule has 0 bridgehead atoms. The Morgan fingerprint density at radius 2 is 1.80 bits per heavy atom. The van der Waals surface area contributed by atoms with E-state index in [-0.39, 0.29) is 5.92 Å². The van der Waals surface area contributed by atoms with Crippen LogP contribution in [0.3, 0.4) is 0 Å². The van der Waals surface area contributed by atoms with Gasteiger partial charge >= 0.3 is 0 Å². The number of benzene rings is 1. The Labute approximate surface area is 204 Å². The van der Waals surface area contributed by atoms with Gasteiger partial charge in [0, 0.05) is 37.2 Å². The Balaban J connectivity index is 1.49. The van der Waals surface area contributed by atoms with E-state index in [1.807, 2.05) is 42.7 Å². The summed E-state index contributed by atoms with van der Waals surface area (Å²) in [4.78, 5) is 16.3. The number of piperidine rings is 1. The molecule has 0 radical (unpaired) electrons. The van der Waals surface area contributed by atoms with Gasteiger partial charge in [-0.15, -0.1) is 0 Å². The van der Waals surface area contributed by atoms with E-state index in [2.05, 4.69) is 27.2 Å². The Morgan fingerprint density at radius 3 is 2.57 bits per heavy atom. The van der Waals surface area contributed by atoms with Crippen LogP contribution in [0.15, 0.2) is 65.6 Å². The normalized spacial score (nSPS) is 14.5. The summed E-state index contributed by atoms with van der Waals surface area (Å²) in [6.07, 6.45) is 9.87. The summed E-state index contributed by atoms with van der Waals surface area (Å²) in [6, 6.07) is 13.7. The van der Waals surface area contributed by atoms with Crippen molar-refractivity contribution in [2.45, 2.75) is 31.6 Å². The second kappa shape index (κ2) is 10.5. The predicted octanol–water partition coefficient (Wildman–Crippen LogP) is 4.91. The molecule has 0 N–H and O–H groups in total. The third kappa shape index (κ3) is 4.96. The van der Waals surface area contributed by atoms with E-state index in [4.69, 9.17) is 24.0 Å². The van der Waals surface area contributed by atoms with Gasteiger partial charge in [-0.1, -0.05) is 17.3 Å². The van der Waals surface area contributed by atoms with Gasteiger partial charge in [0.15, 0.2) is 17.3 Å². The van der Waals surface area contributed by atoms with Gasteiger partial charge in [-0.05, 0) is 67.1 Å². The van der Waals surface area contributed by atoms with Crippen LogP contribution in [-0.2, 0) is 6.42 Å². The van der Waals surface area contributed by atoms with E-state index in [0.29, 0.717) is 29.6 Å². The fourth-order valence-electron chi connectivity index (χ4n) is 4.60. The summed E-state index contributed by atoms with van der Waals surface area (Å²) in [6.45, 7) is 2.07. The molecule has 1 saturated heterocycles. The minimum Gasteiger partial charge on any atom is -0.493 e. The highest BCUT2D eigenvalue weighted by molar-refractivity contribution is 5.60. The van der Waals surface area contributed by atoms with Crippen LogP contribution in [0.25, 0.3) is 11.5 Å². The van der Waals surface area contributed by atoms with Crippen molar-refractivity contribution < 1.29 is 14.0 Å². The lowest BCUT2D eigenvalue weighted by Crippen LogP contribution is -2.31. The van der Waals surface area contributed by atoms with Crippen molar-refractivity contribution in [3.8, 4) is 23.0 Å². The molecule has 1 aromatic carbocycles. The number of nitrogens with zero attached hydrogens (tertiary/aromatic N) is 5. The molecule has 0 amide bonds. The Kier molecular flexibility index (Phi) is 6.88. The van der Waals surface area contributed by atoms with Gasteiger partial charge in [0.2, 0.25) is 0 Å². The molecule has 35 heavy (non-hydrogen) atoms. The number of aromatic nitrogens is 4. The second-order valence-electron chi connectivity index (χ2n) is 8.60. The fourth-order valence-corrected chi connectivity index (χ4v) is 4.60. The molecule has 0 aliphatic carbocycles. The number of hydrogen-bond acceptors (Lipinski definition) is 8. The Hall–Kier alpha value is -3.94. The molecule has 8 heteroatoms. The molecule has 0 spiro atoms. The van der Waals surface area contributed by atoms with Crippen molar-refractivity contribution in [2.24, 2.45) is 0 Å². The summed E-state index contributed by atoms with van der Waals surface area (Å²) in [5.41, 5.74) is 2.96. The first-order valence-corrected chi connectivity index (χ1v) is 11.9. The van der Waals surface area contributed by atoms with Gasteiger partial charge in [-0.2, -0.15) is 4.98 Å². The molecule has 8 nitrogen and oxygen atoms in total. The zero-order valence-electron chi connectivity index (χ0n) is 20.1. The first-order valence-electron chi connectivity index (χ1n) is 11.9. The van der Waals surface area contributed by atoms with Crippen molar-refractivity contribution in [1.29, 1.82) is 0 Å². The van der Waals surface area contributed by atoms with Crippen molar-refractivity contribution in [2.75, 3.05) is 32.2 Å². The lowest BCUT2D eigenvalue weighted by atomic mass is 9.92. The summed E-state index contributed by atoms with van der Waals surface area (Å²) < 4.78 is 16.5. The van der Waals surface area contributed by atoms with Crippen molar-refractivity contribution in [1.82, 2.24) is 20.1 Å². The van der Waals surface area contributed by atoms with E-state index in [0.717, 1.165) is 30.0 Å². The van der Waals surface area contributed by atoms with E-state index in [1.165, 1.54) is 24.8 Å². The summed E-state index contributed by atoms with van der Waals surface area (Å²) in [5.74, 6) is 3.20. The fraction of sp³-hybridized carbons (Fsp3) is 0.333. The third-order valence-electron chi connectivity index (χ3n) is 6.42. The van der Waals surface area contributed by atoms with Gasteiger partial charge in [0.1, 0.15) is 5.82 Å². The number of hydrogen-bond donors (Lipinski definition) is 0. The van der Waals surface area contributed by atoms with Crippen LogP contribution in [0, 0.1) is 0 Å². The highest BCUT2D eigenvalue weighted by Crippen LogP contribution is 2.34. The van der Waals surface area contributed by atoms with Crippen LogP contribution in [-0.4, -0.2) is 47.4 Å². The van der Waals surface area contributed by atoms with E-state index in [1.54, 1.807) is 20.4 Å². The van der Waals surface area contributed by atoms with Crippen LogP contribution in [0.5, 0.6) is 11.5 Å². The molecule has 1 unspecified atom stereocenters. The quantitative estimate of drug-likeness (QED) is 0.358. The van der Waals surface area contributed by atoms with E-state index < -0.39 is 0 Å². The molecule has 0 saturated carbocycles. The highest BCUT2D eigenvalue weighted by Gasteiger charge is 2.25. The average Bonchev–Trinajstić information content (AvgIpc) is 3.42.